The molecule has 1 amide bonds. The first-order chi connectivity index (χ1) is 12.1. The van der Waals surface area contributed by atoms with E-state index in [-0.39, 0.29) is 17.5 Å². The van der Waals surface area contributed by atoms with Crippen LogP contribution in [0.4, 0.5) is 0 Å². The highest BCUT2D eigenvalue weighted by molar-refractivity contribution is 5.96. The molecule has 0 spiro atoms. The second-order valence-electron chi connectivity index (χ2n) is 6.09. The van der Waals surface area contributed by atoms with Gasteiger partial charge in [-0.25, -0.2) is 4.79 Å². The lowest BCUT2D eigenvalue weighted by Crippen LogP contribution is -2.36. The van der Waals surface area contributed by atoms with Gasteiger partial charge in [-0.05, 0) is 18.2 Å². The number of nitrogens with zero attached hydrogens (tertiary/aromatic N) is 1. The zero-order chi connectivity index (χ0) is 17.4. The van der Waals surface area contributed by atoms with Gasteiger partial charge in [0.05, 0.1) is 12.6 Å². The van der Waals surface area contributed by atoms with Crippen molar-refractivity contribution in [3.8, 4) is 5.75 Å². The Labute approximate surface area is 144 Å². The number of benzene rings is 2. The number of hydrogen-bond donors (Lipinski definition) is 0. The Balaban J connectivity index is 1.72. The maximum Gasteiger partial charge on any atom is 0.349 e. The number of carbonyl (C=O) groups is 1. The van der Waals surface area contributed by atoms with Crippen molar-refractivity contribution in [1.82, 2.24) is 4.90 Å². The van der Waals surface area contributed by atoms with Crippen LogP contribution in [0, 0.1) is 0 Å². The maximum atomic E-state index is 12.9. The van der Waals surface area contributed by atoms with Gasteiger partial charge in [0, 0.05) is 24.4 Å². The van der Waals surface area contributed by atoms with Crippen LogP contribution in [-0.4, -0.2) is 24.5 Å². The lowest BCUT2D eigenvalue weighted by Gasteiger charge is -2.33. The van der Waals surface area contributed by atoms with Gasteiger partial charge in [0.25, 0.3) is 5.91 Å². The second kappa shape index (κ2) is 6.09. The number of hydrogen-bond acceptors (Lipinski definition) is 4. The third-order valence-corrected chi connectivity index (χ3v) is 4.59. The van der Waals surface area contributed by atoms with Crippen LogP contribution in [-0.2, 0) is 0 Å². The minimum absolute atomic E-state index is 0.0465. The molecule has 1 aliphatic rings. The summed E-state index contributed by atoms with van der Waals surface area (Å²) in [5.74, 6) is 0.435. The number of fused-ring (bicyclic) bond motifs is 2. The zero-order valence-electron chi connectivity index (χ0n) is 13.8. The quantitative estimate of drug-likeness (QED) is 0.674. The number of rotatable bonds is 2. The van der Waals surface area contributed by atoms with Crippen molar-refractivity contribution >= 4 is 16.9 Å². The summed E-state index contributed by atoms with van der Waals surface area (Å²) in [6, 6.07) is 16.3. The minimum atomic E-state index is -0.615. The Kier molecular flexibility index (Phi) is 3.76. The van der Waals surface area contributed by atoms with Crippen molar-refractivity contribution in [1.29, 1.82) is 0 Å². The van der Waals surface area contributed by atoms with Crippen LogP contribution in [0.1, 0.15) is 28.4 Å². The van der Waals surface area contributed by atoms with Crippen LogP contribution in [0.2, 0.25) is 0 Å². The Morgan fingerprint density at radius 1 is 1.12 bits per heavy atom. The highest BCUT2D eigenvalue weighted by atomic mass is 16.5. The molecule has 4 rings (SSSR count). The number of amides is 1. The molecule has 0 saturated carbocycles. The minimum Gasteiger partial charge on any atom is -0.493 e. The summed E-state index contributed by atoms with van der Waals surface area (Å²) in [5, 5.41) is 0.728. The molecule has 3 aromatic rings. The summed E-state index contributed by atoms with van der Waals surface area (Å²) < 4.78 is 10.9. The fraction of sp³-hybridized carbons (Fsp3) is 0.200. The Hall–Kier alpha value is -3.08. The first-order valence-corrected chi connectivity index (χ1v) is 8.17. The summed E-state index contributed by atoms with van der Waals surface area (Å²) in [6.07, 6.45) is 0.679. The fourth-order valence-electron chi connectivity index (χ4n) is 3.27. The van der Waals surface area contributed by atoms with Gasteiger partial charge in [0.15, 0.2) is 0 Å². The van der Waals surface area contributed by atoms with Gasteiger partial charge in [-0.15, -0.1) is 0 Å². The maximum absolute atomic E-state index is 12.9. The zero-order valence-corrected chi connectivity index (χ0v) is 13.8. The number of ether oxygens (including phenoxy) is 1. The summed E-state index contributed by atoms with van der Waals surface area (Å²) >= 11 is 0. The first-order valence-electron chi connectivity index (χ1n) is 8.17. The van der Waals surface area contributed by atoms with Gasteiger partial charge < -0.3 is 14.1 Å². The molecule has 5 nitrogen and oxygen atoms in total. The van der Waals surface area contributed by atoms with Crippen LogP contribution in [0.5, 0.6) is 5.75 Å². The fourth-order valence-corrected chi connectivity index (χ4v) is 3.27. The van der Waals surface area contributed by atoms with E-state index in [1.165, 1.54) is 0 Å². The van der Waals surface area contributed by atoms with Crippen molar-refractivity contribution in [2.75, 3.05) is 13.7 Å². The molecule has 0 bridgehead atoms. The smallest absolute Gasteiger partial charge is 0.349 e. The highest BCUT2D eigenvalue weighted by Crippen LogP contribution is 2.35. The van der Waals surface area contributed by atoms with Gasteiger partial charge in [0.1, 0.15) is 16.9 Å². The van der Waals surface area contributed by atoms with Crippen LogP contribution in [0.15, 0.2) is 63.8 Å². The molecule has 1 aliphatic heterocycles. The molecule has 2 heterocycles. The summed E-state index contributed by atoms with van der Waals surface area (Å²) in [7, 11) is 1.71. The molecule has 0 fully saturated rings. The highest BCUT2D eigenvalue weighted by Gasteiger charge is 2.29. The van der Waals surface area contributed by atoms with E-state index in [0.29, 0.717) is 18.6 Å². The molecule has 0 saturated heterocycles. The van der Waals surface area contributed by atoms with Crippen molar-refractivity contribution in [3.05, 3.63) is 76.1 Å². The molecule has 0 aliphatic carbocycles. The van der Waals surface area contributed by atoms with E-state index in [4.69, 9.17) is 9.15 Å². The standard InChI is InChI=1S/C20H17NO4/c1-21(16-10-11-24-18-9-5-3-7-14(16)18)19(22)15-12-13-6-2-4-8-17(13)25-20(15)23/h2-9,12,16H,10-11H2,1H3. The summed E-state index contributed by atoms with van der Waals surface area (Å²) in [5.41, 5.74) is 0.860. The topological polar surface area (TPSA) is 59.8 Å². The van der Waals surface area contributed by atoms with Crippen molar-refractivity contribution in [2.24, 2.45) is 0 Å². The molecule has 0 N–H and O–H groups in total. The largest absolute Gasteiger partial charge is 0.493 e. The molecule has 25 heavy (non-hydrogen) atoms. The third kappa shape index (κ3) is 2.67. The third-order valence-electron chi connectivity index (χ3n) is 4.59. The van der Waals surface area contributed by atoms with Crippen LogP contribution in [0.3, 0.4) is 0 Å². The first kappa shape index (κ1) is 15.4. The molecule has 126 valence electrons. The van der Waals surface area contributed by atoms with Gasteiger partial charge in [-0.3, -0.25) is 4.79 Å². The predicted molar refractivity (Wildman–Crippen MR) is 93.9 cm³/mol. The molecular formula is C20H17NO4. The van der Waals surface area contributed by atoms with E-state index in [1.54, 1.807) is 30.1 Å². The Morgan fingerprint density at radius 2 is 1.88 bits per heavy atom. The monoisotopic (exact) mass is 335 g/mol. The molecule has 5 heteroatoms. The summed E-state index contributed by atoms with van der Waals surface area (Å²) in [6.45, 7) is 0.533. The average Bonchev–Trinajstić information content (AvgIpc) is 2.66. The average molecular weight is 335 g/mol. The molecule has 1 aromatic heterocycles. The Bertz CT molecular complexity index is 1010. The Morgan fingerprint density at radius 3 is 2.76 bits per heavy atom. The van der Waals surface area contributed by atoms with Crippen LogP contribution in [0.25, 0.3) is 11.0 Å². The van der Waals surface area contributed by atoms with Gasteiger partial charge in [0.2, 0.25) is 0 Å². The van der Waals surface area contributed by atoms with E-state index in [9.17, 15) is 9.59 Å². The normalized spacial score (nSPS) is 16.1. The second-order valence-corrected chi connectivity index (χ2v) is 6.09. The number of para-hydroxylation sites is 2. The van der Waals surface area contributed by atoms with E-state index < -0.39 is 5.63 Å². The molecular weight excluding hydrogens is 318 g/mol. The van der Waals surface area contributed by atoms with Gasteiger partial charge in [-0.1, -0.05) is 36.4 Å². The van der Waals surface area contributed by atoms with Crippen LogP contribution >= 0.6 is 0 Å². The molecule has 1 atom stereocenters. The molecule has 2 aromatic carbocycles. The van der Waals surface area contributed by atoms with Gasteiger partial charge in [-0.2, -0.15) is 0 Å². The summed E-state index contributed by atoms with van der Waals surface area (Å²) in [4.78, 5) is 26.8. The lowest BCUT2D eigenvalue weighted by molar-refractivity contribution is 0.0682. The van der Waals surface area contributed by atoms with E-state index in [0.717, 1.165) is 16.7 Å². The van der Waals surface area contributed by atoms with E-state index >= 15 is 0 Å². The van der Waals surface area contributed by atoms with Crippen molar-refractivity contribution < 1.29 is 13.9 Å². The SMILES string of the molecule is CN(C(=O)c1cc2ccccc2oc1=O)C1CCOc2ccccc21. The van der Waals surface area contributed by atoms with Crippen LogP contribution < -0.4 is 10.4 Å². The van der Waals surface area contributed by atoms with E-state index in [1.807, 2.05) is 36.4 Å². The van der Waals surface area contributed by atoms with E-state index in [2.05, 4.69) is 0 Å². The number of carbonyl (C=O) groups excluding carboxylic acids is 1. The molecule has 0 radical (unpaired) electrons. The lowest BCUT2D eigenvalue weighted by atomic mass is 9.98. The van der Waals surface area contributed by atoms with Gasteiger partial charge >= 0.3 is 5.63 Å². The van der Waals surface area contributed by atoms with Crippen molar-refractivity contribution in [2.45, 2.75) is 12.5 Å². The molecule has 1 unspecified atom stereocenters. The van der Waals surface area contributed by atoms with Crippen molar-refractivity contribution in [3.63, 3.8) is 0 Å². The predicted octanol–water partition coefficient (Wildman–Crippen LogP) is 3.39.